The molecule has 14 heteroatoms. The molecule has 4 N–H and O–H groups in total. The van der Waals surface area contributed by atoms with Gasteiger partial charge < -0.3 is 34.7 Å². The SMILES string of the molecule is COCCN1CCC(n2cc3cc(OC(C)C)c(Nc4nc(Nc5cc(C)ccc5S(=O)(=O)C(C)C)c5cn[nH]c5n4)cc3c2O)CC1. The predicted octanol–water partition coefficient (Wildman–Crippen LogP) is 6.06. The molecule has 2 aromatic carbocycles. The van der Waals surface area contributed by atoms with Crippen molar-refractivity contribution in [2.24, 2.45) is 0 Å². The van der Waals surface area contributed by atoms with E-state index in [0.29, 0.717) is 46.0 Å². The van der Waals surface area contributed by atoms with Gasteiger partial charge in [-0.1, -0.05) is 6.07 Å². The number of nitrogens with one attached hydrogen (secondary N) is 3. The number of H-pyrrole nitrogens is 1. The number of benzene rings is 2. The molecule has 256 valence electrons. The second-order valence-electron chi connectivity index (χ2n) is 12.9. The lowest BCUT2D eigenvalue weighted by Gasteiger charge is -2.32. The van der Waals surface area contributed by atoms with E-state index < -0.39 is 15.1 Å². The summed E-state index contributed by atoms with van der Waals surface area (Å²) in [6.45, 7) is 12.6. The van der Waals surface area contributed by atoms with Crippen LogP contribution in [-0.4, -0.2) is 87.9 Å². The van der Waals surface area contributed by atoms with E-state index >= 15 is 0 Å². The summed E-state index contributed by atoms with van der Waals surface area (Å²) in [7, 11) is -1.87. The predicted molar refractivity (Wildman–Crippen MR) is 188 cm³/mol. The van der Waals surface area contributed by atoms with Crippen LogP contribution in [0.4, 0.5) is 23.1 Å². The molecule has 48 heavy (non-hydrogen) atoms. The fraction of sp³-hybridized carbons (Fsp3) is 0.441. The number of aromatic hydroxyl groups is 1. The maximum absolute atomic E-state index is 13.2. The van der Waals surface area contributed by atoms with Crippen LogP contribution in [0.1, 0.15) is 52.1 Å². The number of aryl methyl sites for hydroxylation is 1. The molecule has 0 saturated carbocycles. The molecule has 6 rings (SSSR count). The zero-order valence-corrected chi connectivity index (χ0v) is 29.1. The van der Waals surface area contributed by atoms with E-state index in [9.17, 15) is 13.5 Å². The van der Waals surface area contributed by atoms with Crippen molar-refractivity contribution in [3.8, 4) is 11.6 Å². The first kappa shape index (κ1) is 33.5. The number of piperidine rings is 1. The quantitative estimate of drug-likeness (QED) is 0.122. The average Bonchev–Trinajstić information content (AvgIpc) is 3.64. The summed E-state index contributed by atoms with van der Waals surface area (Å²) in [6.07, 6.45) is 5.32. The molecule has 5 aromatic rings. The summed E-state index contributed by atoms with van der Waals surface area (Å²) in [4.78, 5) is 12.0. The lowest BCUT2D eigenvalue weighted by molar-refractivity contribution is 0.120. The van der Waals surface area contributed by atoms with E-state index in [0.717, 1.165) is 43.4 Å². The van der Waals surface area contributed by atoms with Crippen LogP contribution in [0.25, 0.3) is 21.8 Å². The number of fused-ring (bicyclic) bond motifs is 2. The number of ether oxygens (including phenoxy) is 2. The molecule has 0 unspecified atom stereocenters. The third-order valence-corrected chi connectivity index (χ3v) is 10.9. The lowest BCUT2D eigenvalue weighted by atomic mass is 10.1. The number of methoxy groups -OCH3 is 1. The van der Waals surface area contributed by atoms with E-state index in [-0.39, 0.29) is 28.9 Å². The summed E-state index contributed by atoms with van der Waals surface area (Å²) in [5.41, 5.74) is 2.33. The van der Waals surface area contributed by atoms with Gasteiger partial charge in [0.2, 0.25) is 5.95 Å². The van der Waals surface area contributed by atoms with Gasteiger partial charge in [0.15, 0.2) is 21.4 Å². The van der Waals surface area contributed by atoms with E-state index in [1.807, 2.05) is 43.7 Å². The Morgan fingerprint density at radius 1 is 1.04 bits per heavy atom. The summed E-state index contributed by atoms with van der Waals surface area (Å²) >= 11 is 0. The van der Waals surface area contributed by atoms with Crippen LogP contribution in [0.3, 0.4) is 0 Å². The molecule has 3 aromatic heterocycles. The van der Waals surface area contributed by atoms with Crippen molar-refractivity contribution in [2.75, 3.05) is 44.0 Å². The average molecular weight is 677 g/mol. The van der Waals surface area contributed by atoms with E-state index in [4.69, 9.17) is 14.5 Å². The number of hydrogen-bond acceptors (Lipinski definition) is 11. The normalized spacial score (nSPS) is 14.8. The van der Waals surface area contributed by atoms with Crippen molar-refractivity contribution in [1.82, 2.24) is 29.6 Å². The highest BCUT2D eigenvalue weighted by atomic mass is 32.2. The Bertz CT molecular complexity index is 2030. The Hall–Kier alpha value is -4.40. The van der Waals surface area contributed by atoms with Crippen molar-refractivity contribution in [2.45, 2.75) is 69.8 Å². The lowest BCUT2D eigenvalue weighted by Crippen LogP contribution is -2.36. The monoisotopic (exact) mass is 676 g/mol. The van der Waals surface area contributed by atoms with Gasteiger partial charge in [-0.2, -0.15) is 15.1 Å². The van der Waals surface area contributed by atoms with Crippen molar-refractivity contribution in [3.05, 3.63) is 48.3 Å². The molecule has 0 aliphatic carbocycles. The topological polar surface area (TPSA) is 160 Å². The van der Waals surface area contributed by atoms with E-state index in [1.165, 1.54) is 0 Å². The second-order valence-corrected chi connectivity index (χ2v) is 15.4. The molecular weight excluding hydrogens is 632 g/mol. The third kappa shape index (κ3) is 6.78. The Labute approximate surface area is 280 Å². The molecule has 1 fully saturated rings. The van der Waals surface area contributed by atoms with Gasteiger partial charge in [-0.15, -0.1) is 0 Å². The van der Waals surface area contributed by atoms with Gasteiger partial charge in [0.1, 0.15) is 11.6 Å². The minimum absolute atomic E-state index is 0.119. The first-order valence-electron chi connectivity index (χ1n) is 16.3. The molecule has 0 atom stereocenters. The third-order valence-electron chi connectivity index (χ3n) is 8.71. The highest BCUT2D eigenvalue weighted by Crippen LogP contribution is 2.41. The molecule has 0 radical (unpaired) electrons. The summed E-state index contributed by atoms with van der Waals surface area (Å²) in [6, 6.07) is 9.14. The summed E-state index contributed by atoms with van der Waals surface area (Å²) in [5, 5.41) is 26.6. The highest BCUT2D eigenvalue weighted by molar-refractivity contribution is 7.92. The molecule has 0 amide bonds. The van der Waals surface area contributed by atoms with Crippen molar-refractivity contribution in [3.63, 3.8) is 0 Å². The van der Waals surface area contributed by atoms with Gasteiger partial charge in [0.05, 0.1) is 45.8 Å². The van der Waals surface area contributed by atoms with Gasteiger partial charge in [-0.05, 0) is 77.3 Å². The van der Waals surface area contributed by atoms with Gasteiger partial charge >= 0.3 is 0 Å². The molecule has 13 nitrogen and oxygen atoms in total. The number of likely N-dealkylation sites (tertiary alicyclic amines) is 1. The zero-order valence-electron chi connectivity index (χ0n) is 28.2. The maximum atomic E-state index is 13.2. The second kappa shape index (κ2) is 13.6. The fourth-order valence-corrected chi connectivity index (χ4v) is 7.27. The van der Waals surface area contributed by atoms with Gasteiger partial charge in [-0.3, -0.25) is 5.10 Å². The minimum Gasteiger partial charge on any atom is -0.494 e. The van der Waals surface area contributed by atoms with Crippen LogP contribution in [0, 0.1) is 6.92 Å². The van der Waals surface area contributed by atoms with Crippen LogP contribution in [0.5, 0.6) is 11.6 Å². The highest BCUT2D eigenvalue weighted by Gasteiger charge is 2.26. The summed E-state index contributed by atoms with van der Waals surface area (Å²) in [5.74, 6) is 1.38. The van der Waals surface area contributed by atoms with Gasteiger partial charge in [0, 0.05) is 49.8 Å². The number of aromatic nitrogens is 5. The first-order chi connectivity index (χ1) is 22.9. The molecule has 4 heterocycles. The van der Waals surface area contributed by atoms with Gasteiger partial charge in [-0.25, -0.2) is 8.42 Å². The molecule has 1 aliphatic rings. The number of rotatable bonds is 12. The fourth-order valence-electron chi connectivity index (χ4n) is 6.09. The number of hydrogen-bond donors (Lipinski definition) is 4. The molecule has 1 saturated heterocycles. The Balaban J connectivity index is 1.36. The van der Waals surface area contributed by atoms with E-state index in [1.54, 1.807) is 45.4 Å². The van der Waals surface area contributed by atoms with Crippen molar-refractivity contribution >= 4 is 54.8 Å². The number of anilines is 4. The Morgan fingerprint density at radius 2 is 1.81 bits per heavy atom. The number of sulfone groups is 1. The van der Waals surface area contributed by atoms with Crippen LogP contribution < -0.4 is 15.4 Å². The smallest absolute Gasteiger partial charge is 0.231 e. The molecule has 0 spiro atoms. The Kier molecular flexibility index (Phi) is 9.50. The standard InChI is InChI=1S/C34H44N8O5S/c1-20(2)47-29-16-23-19-42(24-9-11-41(12-10-24)13-14-46-6)33(43)25(23)17-27(29)37-34-38-31(26-18-35-40-32(26)39-34)36-28-15-22(5)7-8-30(28)48(44,45)21(3)4/h7-8,15-21,24,43H,9-14H2,1-6H3,(H3,35,36,37,38,39,40). The van der Waals surface area contributed by atoms with Crippen molar-refractivity contribution < 1.29 is 23.0 Å². The molecule has 0 bridgehead atoms. The zero-order chi connectivity index (χ0) is 34.2. The largest absolute Gasteiger partial charge is 0.494 e. The van der Waals surface area contributed by atoms with Gasteiger partial charge in [0.25, 0.3) is 0 Å². The van der Waals surface area contributed by atoms with Crippen LogP contribution in [0.15, 0.2) is 47.6 Å². The van der Waals surface area contributed by atoms with Crippen LogP contribution in [-0.2, 0) is 14.6 Å². The molecule has 1 aliphatic heterocycles. The van der Waals surface area contributed by atoms with Crippen molar-refractivity contribution in [1.29, 1.82) is 0 Å². The van der Waals surface area contributed by atoms with Crippen LogP contribution in [0.2, 0.25) is 0 Å². The summed E-state index contributed by atoms with van der Waals surface area (Å²) < 4.78 is 39.9. The minimum atomic E-state index is -3.59. The maximum Gasteiger partial charge on any atom is 0.231 e. The first-order valence-corrected chi connectivity index (χ1v) is 17.8. The van der Waals surface area contributed by atoms with Crippen LogP contribution >= 0.6 is 0 Å². The van der Waals surface area contributed by atoms with E-state index in [2.05, 4.69) is 30.7 Å². The Morgan fingerprint density at radius 3 is 2.52 bits per heavy atom. The number of nitrogens with zero attached hydrogens (tertiary/aromatic N) is 5. The number of aromatic amines is 1. The molecular formula is C34H44N8O5S.